The number of nitro groups is 1. The Kier molecular flexibility index (Phi) is 3.82. The second kappa shape index (κ2) is 5.53. The Balaban J connectivity index is 2.18. The summed E-state index contributed by atoms with van der Waals surface area (Å²) < 4.78 is 5.08. The Morgan fingerprint density at radius 2 is 2.22 bits per heavy atom. The fourth-order valence-corrected chi connectivity index (χ4v) is 2.05. The smallest absolute Gasteiger partial charge is 0.275 e. The van der Waals surface area contributed by atoms with E-state index in [1.807, 2.05) is 0 Å². The lowest BCUT2D eigenvalue weighted by molar-refractivity contribution is -0.384. The van der Waals surface area contributed by atoms with Gasteiger partial charge >= 0.3 is 0 Å². The molecule has 0 radical (unpaired) electrons. The van der Waals surface area contributed by atoms with Gasteiger partial charge in [-0.1, -0.05) is 12.2 Å². The first kappa shape index (κ1) is 12.4. The molecule has 1 N–H and O–H groups in total. The molecule has 96 valence electrons. The summed E-state index contributed by atoms with van der Waals surface area (Å²) in [4.78, 5) is 10.4. The summed E-state index contributed by atoms with van der Waals surface area (Å²) in [6.07, 6.45) is 7.33. The minimum Gasteiger partial charge on any atom is -0.496 e. The summed E-state index contributed by atoms with van der Waals surface area (Å²) in [5, 5.41) is 14.1. The molecule has 1 atom stereocenters. The summed E-state index contributed by atoms with van der Waals surface area (Å²) in [5.41, 5.74) is 0.782. The lowest BCUT2D eigenvalue weighted by atomic mass is 10.0. The molecule has 0 saturated heterocycles. The molecule has 2 rings (SSSR count). The third-order valence-corrected chi connectivity index (χ3v) is 2.98. The number of benzene rings is 1. The van der Waals surface area contributed by atoms with Gasteiger partial charge in [-0.3, -0.25) is 10.1 Å². The zero-order valence-electron chi connectivity index (χ0n) is 10.3. The molecule has 0 bridgehead atoms. The summed E-state index contributed by atoms with van der Waals surface area (Å²) in [7, 11) is 1.51. The van der Waals surface area contributed by atoms with Crippen LogP contribution in [0.3, 0.4) is 0 Å². The van der Waals surface area contributed by atoms with E-state index < -0.39 is 4.92 Å². The highest BCUT2D eigenvalue weighted by Crippen LogP contribution is 2.27. The normalized spacial score (nSPS) is 18.4. The molecule has 1 unspecified atom stereocenters. The predicted molar refractivity (Wildman–Crippen MR) is 70.1 cm³/mol. The maximum Gasteiger partial charge on any atom is 0.275 e. The van der Waals surface area contributed by atoms with Crippen LogP contribution in [0.1, 0.15) is 19.3 Å². The third-order valence-electron chi connectivity index (χ3n) is 2.98. The van der Waals surface area contributed by atoms with Crippen molar-refractivity contribution in [2.75, 3.05) is 12.4 Å². The number of nitro benzene ring substituents is 1. The van der Waals surface area contributed by atoms with Gasteiger partial charge in [0.15, 0.2) is 0 Å². The van der Waals surface area contributed by atoms with E-state index in [0.29, 0.717) is 11.8 Å². The molecule has 0 fully saturated rings. The molecule has 1 aromatic carbocycles. The van der Waals surface area contributed by atoms with Crippen molar-refractivity contribution in [3.63, 3.8) is 0 Å². The minimum absolute atomic E-state index is 0.0446. The summed E-state index contributed by atoms with van der Waals surface area (Å²) in [6.45, 7) is 0. The van der Waals surface area contributed by atoms with Crippen molar-refractivity contribution in [3.8, 4) is 5.75 Å². The number of allylic oxidation sites excluding steroid dienone is 1. The van der Waals surface area contributed by atoms with Crippen LogP contribution in [0.25, 0.3) is 0 Å². The number of nitrogens with zero attached hydrogens (tertiary/aromatic N) is 1. The highest BCUT2D eigenvalue weighted by Gasteiger charge is 2.14. The molecule has 1 aromatic rings. The van der Waals surface area contributed by atoms with Crippen molar-refractivity contribution in [3.05, 3.63) is 40.5 Å². The van der Waals surface area contributed by atoms with E-state index in [1.165, 1.54) is 13.2 Å². The standard InChI is InChI=1S/C13H16N2O3/c1-18-13-8-11(7-12(9-13)15(16)17)14-10-5-3-2-4-6-10/h2-3,7-10,14H,4-6H2,1H3. The van der Waals surface area contributed by atoms with Crippen LogP contribution >= 0.6 is 0 Å². The van der Waals surface area contributed by atoms with Gasteiger partial charge in [0.05, 0.1) is 18.1 Å². The van der Waals surface area contributed by atoms with Crippen molar-refractivity contribution >= 4 is 11.4 Å². The number of ether oxygens (including phenoxy) is 1. The lowest BCUT2D eigenvalue weighted by Crippen LogP contribution is -2.20. The summed E-state index contributed by atoms with van der Waals surface area (Å²) in [6, 6.07) is 5.08. The Hall–Kier alpha value is -2.04. The summed E-state index contributed by atoms with van der Waals surface area (Å²) >= 11 is 0. The Labute approximate surface area is 106 Å². The third kappa shape index (κ3) is 3.00. The average molecular weight is 248 g/mol. The summed E-state index contributed by atoms with van der Waals surface area (Å²) in [5.74, 6) is 0.498. The van der Waals surface area contributed by atoms with Gasteiger partial charge in [-0.2, -0.15) is 0 Å². The topological polar surface area (TPSA) is 64.4 Å². The number of rotatable bonds is 4. The van der Waals surface area contributed by atoms with Crippen molar-refractivity contribution in [2.24, 2.45) is 0 Å². The Morgan fingerprint density at radius 3 is 2.83 bits per heavy atom. The van der Waals surface area contributed by atoms with Crippen LogP contribution in [-0.4, -0.2) is 18.1 Å². The van der Waals surface area contributed by atoms with Gasteiger partial charge < -0.3 is 10.1 Å². The van der Waals surface area contributed by atoms with Crippen LogP contribution in [0.4, 0.5) is 11.4 Å². The van der Waals surface area contributed by atoms with E-state index in [1.54, 1.807) is 12.1 Å². The number of anilines is 1. The first-order chi connectivity index (χ1) is 8.69. The number of non-ortho nitro benzene ring substituents is 1. The van der Waals surface area contributed by atoms with E-state index in [0.717, 1.165) is 24.9 Å². The molecule has 5 nitrogen and oxygen atoms in total. The molecular formula is C13H16N2O3. The van der Waals surface area contributed by atoms with E-state index in [4.69, 9.17) is 4.74 Å². The van der Waals surface area contributed by atoms with Crippen molar-refractivity contribution in [1.82, 2.24) is 0 Å². The van der Waals surface area contributed by atoms with Gasteiger partial charge in [0.1, 0.15) is 5.75 Å². The molecule has 5 heteroatoms. The highest BCUT2D eigenvalue weighted by molar-refractivity contribution is 5.56. The maximum atomic E-state index is 10.8. The molecule has 0 aromatic heterocycles. The molecule has 0 aliphatic heterocycles. The van der Waals surface area contributed by atoms with Crippen LogP contribution < -0.4 is 10.1 Å². The first-order valence-corrected chi connectivity index (χ1v) is 5.94. The van der Waals surface area contributed by atoms with Crippen molar-refractivity contribution in [2.45, 2.75) is 25.3 Å². The maximum absolute atomic E-state index is 10.8. The van der Waals surface area contributed by atoms with Gasteiger partial charge in [0, 0.05) is 23.9 Å². The van der Waals surface area contributed by atoms with Gasteiger partial charge in [0.25, 0.3) is 5.69 Å². The van der Waals surface area contributed by atoms with Gasteiger partial charge in [0.2, 0.25) is 0 Å². The zero-order valence-corrected chi connectivity index (χ0v) is 10.3. The monoisotopic (exact) mass is 248 g/mol. The van der Waals surface area contributed by atoms with E-state index in [-0.39, 0.29) is 5.69 Å². The first-order valence-electron chi connectivity index (χ1n) is 5.94. The van der Waals surface area contributed by atoms with E-state index in [2.05, 4.69) is 17.5 Å². The highest BCUT2D eigenvalue weighted by atomic mass is 16.6. The SMILES string of the molecule is COc1cc(NC2CC=CCC2)cc([N+](=O)[O-])c1. The largest absolute Gasteiger partial charge is 0.496 e. The Bertz CT molecular complexity index is 471. The fraction of sp³-hybridized carbons (Fsp3) is 0.385. The number of nitrogens with one attached hydrogen (secondary N) is 1. The van der Waals surface area contributed by atoms with Crippen LogP contribution in [-0.2, 0) is 0 Å². The van der Waals surface area contributed by atoms with Crippen LogP contribution in [0.5, 0.6) is 5.75 Å². The van der Waals surface area contributed by atoms with E-state index in [9.17, 15) is 10.1 Å². The molecule has 0 heterocycles. The lowest BCUT2D eigenvalue weighted by Gasteiger charge is -2.20. The minimum atomic E-state index is -0.408. The van der Waals surface area contributed by atoms with Gasteiger partial charge in [-0.25, -0.2) is 0 Å². The number of hydrogen-bond donors (Lipinski definition) is 1. The van der Waals surface area contributed by atoms with E-state index >= 15 is 0 Å². The molecule has 1 aliphatic rings. The number of methoxy groups -OCH3 is 1. The van der Waals surface area contributed by atoms with Crippen LogP contribution in [0.15, 0.2) is 30.4 Å². The van der Waals surface area contributed by atoms with Crippen LogP contribution in [0.2, 0.25) is 0 Å². The average Bonchev–Trinajstić information content (AvgIpc) is 2.39. The molecule has 0 saturated carbocycles. The van der Waals surface area contributed by atoms with Crippen molar-refractivity contribution in [1.29, 1.82) is 0 Å². The fourth-order valence-electron chi connectivity index (χ4n) is 2.05. The molecule has 0 spiro atoms. The molecule has 18 heavy (non-hydrogen) atoms. The van der Waals surface area contributed by atoms with Gasteiger partial charge in [-0.05, 0) is 19.3 Å². The quantitative estimate of drug-likeness (QED) is 0.505. The second-order valence-corrected chi connectivity index (χ2v) is 4.30. The number of hydrogen-bond acceptors (Lipinski definition) is 4. The Morgan fingerprint density at radius 1 is 1.39 bits per heavy atom. The second-order valence-electron chi connectivity index (χ2n) is 4.30. The molecule has 0 amide bonds. The zero-order chi connectivity index (χ0) is 13.0. The molecule has 1 aliphatic carbocycles. The predicted octanol–water partition coefficient (Wildman–Crippen LogP) is 3.12. The van der Waals surface area contributed by atoms with Crippen LogP contribution in [0, 0.1) is 10.1 Å². The van der Waals surface area contributed by atoms with Crippen molar-refractivity contribution < 1.29 is 9.66 Å². The molecular weight excluding hydrogens is 232 g/mol. The van der Waals surface area contributed by atoms with Gasteiger partial charge in [-0.15, -0.1) is 0 Å².